The minimum Gasteiger partial charge on any atom is -0.497 e. The second-order valence-corrected chi connectivity index (χ2v) is 11.4. The highest BCUT2D eigenvalue weighted by Crippen LogP contribution is 2.33. The molecule has 0 saturated carbocycles. The van der Waals surface area contributed by atoms with Crippen LogP contribution in [0.4, 0.5) is 11.8 Å². The van der Waals surface area contributed by atoms with Crippen LogP contribution in [0.3, 0.4) is 0 Å². The van der Waals surface area contributed by atoms with E-state index in [2.05, 4.69) is 43.9 Å². The number of likely N-dealkylation sites (tertiary alicyclic amines) is 1. The molecule has 2 saturated heterocycles. The van der Waals surface area contributed by atoms with Gasteiger partial charge in [-0.25, -0.2) is 4.98 Å². The Hall–Kier alpha value is -4.58. The van der Waals surface area contributed by atoms with Crippen molar-refractivity contribution in [3.63, 3.8) is 0 Å². The van der Waals surface area contributed by atoms with E-state index < -0.39 is 0 Å². The summed E-state index contributed by atoms with van der Waals surface area (Å²) in [6, 6.07) is 14.3. The van der Waals surface area contributed by atoms with Crippen LogP contribution in [0.25, 0.3) is 11.2 Å². The van der Waals surface area contributed by atoms with Gasteiger partial charge in [-0.2, -0.15) is 9.97 Å². The van der Waals surface area contributed by atoms with Crippen molar-refractivity contribution in [3.8, 4) is 17.2 Å². The van der Waals surface area contributed by atoms with Gasteiger partial charge in [0.15, 0.2) is 28.5 Å². The highest BCUT2D eigenvalue weighted by molar-refractivity contribution is 5.84. The first-order valence-corrected chi connectivity index (χ1v) is 15.4. The van der Waals surface area contributed by atoms with Crippen molar-refractivity contribution in [3.05, 3.63) is 59.9 Å². The van der Waals surface area contributed by atoms with Gasteiger partial charge in [-0.1, -0.05) is 18.2 Å². The Morgan fingerprint density at radius 3 is 2.55 bits per heavy atom. The van der Waals surface area contributed by atoms with E-state index in [9.17, 15) is 4.79 Å². The summed E-state index contributed by atoms with van der Waals surface area (Å²) in [7, 11) is 1.68. The number of fused-ring (bicyclic) bond motifs is 2. The van der Waals surface area contributed by atoms with E-state index in [1.807, 2.05) is 29.4 Å². The fourth-order valence-electron chi connectivity index (χ4n) is 6.05. The number of ether oxygens (including phenoxy) is 3. The van der Waals surface area contributed by atoms with Gasteiger partial charge in [-0.05, 0) is 48.2 Å². The number of aromatic nitrogens is 4. The lowest BCUT2D eigenvalue weighted by Crippen LogP contribution is -2.46. The van der Waals surface area contributed by atoms with Crippen molar-refractivity contribution < 1.29 is 19.0 Å². The average molecular weight is 599 g/mol. The summed E-state index contributed by atoms with van der Waals surface area (Å²) in [5.41, 5.74) is 3.96. The van der Waals surface area contributed by atoms with E-state index in [1.54, 1.807) is 7.11 Å². The van der Waals surface area contributed by atoms with E-state index in [1.165, 1.54) is 11.1 Å². The number of piperazine rings is 1. The molecule has 0 unspecified atom stereocenters. The quantitative estimate of drug-likeness (QED) is 0.277. The first-order valence-electron chi connectivity index (χ1n) is 15.4. The largest absolute Gasteiger partial charge is 0.497 e. The van der Waals surface area contributed by atoms with Crippen LogP contribution in [0.15, 0.2) is 48.8 Å². The number of imidazole rings is 1. The zero-order chi connectivity index (χ0) is 29.9. The summed E-state index contributed by atoms with van der Waals surface area (Å²) in [6.45, 7) is 7.39. The molecule has 0 radical (unpaired) electrons. The third-order valence-corrected chi connectivity index (χ3v) is 8.60. The third kappa shape index (κ3) is 6.07. The molecule has 12 heteroatoms. The number of hydrogen-bond acceptors (Lipinski definition) is 10. The van der Waals surface area contributed by atoms with Crippen molar-refractivity contribution in [1.82, 2.24) is 29.3 Å². The van der Waals surface area contributed by atoms with E-state index in [-0.39, 0.29) is 12.7 Å². The Morgan fingerprint density at radius 2 is 1.75 bits per heavy atom. The van der Waals surface area contributed by atoms with Crippen molar-refractivity contribution in [2.45, 2.75) is 32.4 Å². The Labute approximate surface area is 256 Å². The molecule has 0 spiro atoms. The first kappa shape index (κ1) is 28.2. The van der Waals surface area contributed by atoms with Crippen LogP contribution in [0.1, 0.15) is 24.0 Å². The standard InChI is InChI=1S/C32H38N8O4/c1-42-25-7-4-23(5-8-25)10-11-33-30-29-31(40(21-34-29)18-17-38-12-2-3-28(38)41)36-32(35-30)39-15-13-37(14-16-39)20-24-6-9-26-27(19-24)44-22-43-26/h4-9,19,21H,2-3,10-18,20,22H2,1H3,(H,33,35,36). The van der Waals surface area contributed by atoms with Crippen molar-refractivity contribution in [1.29, 1.82) is 0 Å². The summed E-state index contributed by atoms with van der Waals surface area (Å²) in [5.74, 6) is 4.14. The Morgan fingerprint density at radius 1 is 0.932 bits per heavy atom. The van der Waals surface area contributed by atoms with Crippen LogP contribution >= 0.6 is 0 Å². The summed E-state index contributed by atoms with van der Waals surface area (Å²) in [4.78, 5) is 33.6. The van der Waals surface area contributed by atoms with Crippen LogP contribution in [-0.4, -0.2) is 94.9 Å². The predicted molar refractivity (Wildman–Crippen MR) is 166 cm³/mol. The van der Waals surface area contributed by atoms with Gasteiger partial charge in [0, 0.05) is 65.3 Å². The molecule has 3 aliphatic rings. The maximum Gasteiger partial charge on any atom is 0.231 e. The van der Waals surface area contributed by atoms with Gasteiger partial charge in [-0.3, -0.25) is 9.69 Å². The van der Waals surface area contributed by atoms with Crippen molar-refractivity contribution in [2.24, 2.45) is 0 Å². The monoisotopic (exact) mass is 598 g/mol. The van der Waals surface area contributed by atoms with Crippen LogP contribution in [-0.2, 0) is 24.3 Å². The second kappa shape index (κ2) is 12.6. The average Bonchev–Trinajstić information content (AvgIpc) is 3.80. The molecule has 0 bridgehead atoms. The van der Waals surface area contributed by atoms with Crippen molar-refractivity contribution >= 4 is 28.8 Å². The summed E-state index contributed by atoms with van der Waals surface area (Å²) in [5, 5.41) is 3.54. The number of amides is 1. The zero-order valence-corrected chi connectivity index (χ0v) is 25.1. The lowest BCUT2D eigenvalue weighted by atomic mass is 10.1. The van der Waals surface area contributed by atoms with E-state index >= 15 is 0 Å². The third-order valence-electron chi connectivity index (χ3n) is 8.60. The summed E-state index contributed by atoms with van der Waals surface area (Å²) in [6.07, 6.45) is 4.22. The topological polar surface area (TPSA) is 110 Å². The SMILES string of the molecule is COc1ccc(CCNc2nc(N3CCN(Cc4ccc5c(c4)OCO5)CC3)nc3c2ncn3CCN2CCCC2=O)cc1. The fraction of sp³-hybridized carbons (Fsp3) is 0.438. The molecule has 5 heterocycles. The summed E-state index contributed by atoms with van der Waals surface area (Å²) >= 11 is 0. The Bertz CT molecular complexity index is 1620. The maximum atomic E-state index is 12.2. The number of rotatable bonds is 11. The normalized spacial score (nSPS) is 16.7. The highest BCUT2D eigenvalue weighted by Gasteiger charge is 2.24. The number of carbonyl (C=O) groups is 1. The van der Waals surface area contributed by atoms with Crippen molar-refractivity contribution in [2.75, 3.05) is 69.9 Å². The lowest BCUT2D eigenvalue weighted by molar-refractivity contribution is -0.127. The molecule has 2 aromatic carbocycles. The van der Waals surface area contributed by atoms with Gasteiger partial charge in [0.25, 0.3) is 0 Å². The maximum absolute atomic E-state index is 12.2. The summed E-state index contributed by atoms with van der Waals surface area (Å²) < 4.78 is 18.4. The molecule has 12 nitrogen and oxygen atoms in total. The molecular formula is C32H38N8O4. The van der Waals surface area contributed by atoms with Gasteiger partial charge in [0.05, 0.1) is 13.4 Å². The lowest BCUT2D eigenvalue weighted by Gasteiger charge is -2.34. The first-order chi connectivity index (χ1) is 21.6. The van der Waals surface area contributed by atoms with Gasteiger partial charge >= 0.3 is 0 Å². The predicted octanol–water partition coefficient (Wildman–Crippen LogP) is 3.16. The molecule has 1 N–H and O–H groups in total. The number of hydrogen-bond donors (Lipinski definition) is 1. The van der Waals surface area contributed by atoms with Crippen LogP contribution in [0.5, 0.6) is 17.2 Å². The molecule has 4 aromatic rings. The van der Waals surface area contributed by atoms with E-state index in [0.717, 1.165) is 86.3 Å². The van der Waals surface area contributed by atoms with Gasteiger partial charge in [0.1, 0.15) is 5.75 Å². The molecule has 2 aromatic heterocycles. The molecule has 3 aliphatic heterocycles. The molecule has 44 heavy (non-hydrogen) atoms. The molecular weight excluding hydrogens is 560 g/mol. The van der Waals surface area contributed by atoms with E-state index in [0.29, 0.717) is 32.0 Å². The molecule has 7 rings (SSSR count). The molecule has 1 amide bonds. The van der Waals surface area contributed by atoms with Gasteiger partial charge in [0.2, 0.25) is 18.6 Å². The number of methoxy groups -OCH3 is 1. The fourth-order valence-corrected chi connectivity index (χ4v) is 6.05. The molecule has 230 valence electrons. The minimum atomic E-state index is 0.226. The number of carbonyl (C=O) groups excluding carboxylic acids is 1. The highest BCUT2D eigenvalue weighted by atomic mass is 16.7. The number of nitrogens with one attached hydrogen (secondary N) is 1. The van der Waals surface area contributed by atoms with Gasteiger partial charge < -0.3 is 33.9 Å². The Balaban J connectivity index is 1.06. The van der Waals surface area contributed by atoms with Gasteiger partial charge in [-0.15, -0.1) is 0 Å². The van der Waals surface area contributed by atoms with Crippen LogP contribution in [0.2, 0.25) is 0 Å². The van der Waals surface area contributed by atoms with Crippen LogP contribution < -0.4 is 24.4 Å². The second-order valence-electron chi connectivity index (χ2n) is 11.4. The smallest absolute Gasteiger partial charge is 0.231 e. The molecule has 2 fully saturated rings. The number of nitrogens with zero attached hydrogens (tertiary/aromatic N) is 7. The Kier molecular flexibility index (Phi) is 8.06. The van der Waals surface area contributed by atoms with E-state index in [4.69, 9.17) is 29.2 Å². The molecule has 0 atom stereocenters. The number of benzene rings is 2. The van der Waals surface area contributed by atoms with Crippen LogP contribution in [0, 0.1) is 0 Å². The zero-order valence-electron chi connectivity index (χ0n) is 25.1. The number of anilines is 2. The molecule has 0 aliphatic carbocycles. The minimum absolute atomic E-state index is 0.226.